The number of halogens is 1. The van der Waals surface area contributed by atoms with Gasteiger partial charge in [-0.25, -0.2) is 14.2 Å². The first kappa shape index (κ1) is 18.0. The van der Waals surface area contributed by atoms with Crippen molar-refractivity contribution in [3.63, 3.8) is 0 Å². The summed E-state index contributed by atoms with van der Waals surface area (Å²) in [4.78, 5) is 17.9. The number of benzene rings is 1. The van der Waals surface area contributed by atoms with Crippen molar-refractivity contribution in [2.45, 2.75) is 45.1 Å². The summed E-state index contributed by atoms with van der Waals surface area (Å²) in [6.07, 6.45) is 2.18. The maximum absolute atomic E-state index is 14.2. The van der Waals surface area contributed by atoms with Crippen molar-refractivity contribution < 1.29 is 14.3 Å². The van der Waals surface area contributed by atoms with Gasteiger partial charge in [-0.05, 0) is 37.4 Å². The molecule has 1 aliphatic rings. The summed E-state index contributed by atoms with van der Waals surface area (Å²) < 4.78 is 14.2. The first-order chi connectivity index (χ1) is 11.9. The van der Waals surface area contributed by atoms with Crippen molar-refractivity contribution in [1.82, 2.24) is 9.88 Å². The lowest BCUT2D eigenvalue weighted by Gasteiger charge is -2.31. The second kappa shape index (κ2) is 7.62. The Morgan fingerprint density at radius 2 is 2.28 bits per heavy atom. The Labute approximate surface area is 151 Å². The van der Waals surface area contributed by atoms with Crippen molar-refractivity contribution in [3.8, 4) is 0 Å². The Kier molecular flexibility index (Phi) is 5.49. The van der Waals surface area contributed by atoms with Crippen LogP contribution in [0.15, 0.2) is 23.6 Å². The summed E-state index contributed by atoms with van der Waals surface area (Å²) in [6.45, 7) is 6.60. The molecule has 25 heavy (non-hydrogen) atoms. The Morgan fingerprint density at radius 3 is 2.92 bits per heavy atom. The fourth-order valence-corrected chi connectivity index (χ4v) is 4.31. The number of nitrogens with zero attached hydrogens (tertiary/aromatic N) is 2. The Bertz CT molecular complexity index is 760. The molecule has 134 valence electrons. The van der Waals surface area contributed by atoms with Gasteiger partial charge in [0.25, 0.3) is 0 Å². The molecule has 1 aliphatic heterocycles. The van der Waals surface area contributed by atoms with E-state index in [0.29, 0.717) is 23.9 Å². The molecule has 2 heterocycles. The van der Waals surface area contributed by atoms with E-state index in [2.05, 4.69) is 24.1 Å². The van der Waals surface area contributed by atoms with Crippen LogP contribution in [0.25, 0.3) is 0 Å². The van der Waals surface area contributed by atoms with Gasteiger partial charge in [0.2, 0.25) is 0 Å². The first-order valence-electron chi connectivity index (χ1n) is 8.63. The lowest BCUT2D eigenvalue weighted by atomic mass is 9.98. The molecule has 3 rings (SSSR count). The number of hydrogen-bond donors (Lipinski definition) is 1. The molecule has 1 saturated heterocycles. The molecule has 0 amide bonds. The van der Waals surface area contributed by atoms with Gasteiger partial charge in [-0.2, -0.15) is 0 Å². The maximum Gasteiger partial charge on any atom is 0.335 e. The van der Waals surface area contributed by atoms with Crippen molar-refractivity contribution in [2.75, 3.05) is 13.1 Å². The number of carboxylic acids is 1. The van der Waals surface area contributed by atoms with Crippen LogP contribution in [0, 0.1) is 5.82 Å². The number of carboxylic acid groups (broad SMARTS) is 1. The molecule has 4 nitrogen and oxygen atoms in total. The van der Waals surface area contributed by atoms with Gasteiger partial charge in [0.1, 0.15) is 5.82 Å². The first-order valence-corrected chi connectivity index (χ1v) is 9.51. The fraction of sp³-hybridized carbons (Fsp3) is 0.474. The standard InChI is InChI=1S/C19H23FN2O2S/c1-12(2)17-11-25-18(21-17)15-4-3-7-22(10-15)9-14-6-5-13(19(23)24)8-16(14)20/h5-6,8,11-12,15H,3-4,7,9-10H2,1-2H3,(H,23,24)/t15-/m0/s1. The predicted octanol–water partition coefficient (Wildman–Crippen LogP) is 4.48. The summed E-state index contributed by atoms with van der Waals surface area (Å²) in [7, 11) is 0. The van der Waals surface area contributed by atoms with Gasteiger partial charge in [0.15, 0.2) is 0 Å². The highest BCUT2D eigenvalue weighted by Gasteiger charge is 2.25. The van der Waals surface area contributed by atoms with Crippen LogP contribution in [-0.2, 0) is 6.54 Å². The Morgan fingerprint density at radius 1 is 1.48 bits per heavy atom. The number of hydrogen-bond acceptors (Lipinski definition) is 4. The summed E-state index contributed by atoms with van der Waals surface area (Å²) >= 11 is 1.72. The highest BCUT2D eigenvalue weighted by molar-refractivity contribution is 7.09. The molecule has 1 fully saturated rings. The molecular formula is C19H23FN2O2S. The summed E-state index contributed by atoms with van der Waals surface area (Å²) in [6, 6.07) is 4.16. The van der Waals surface area contributed by atoms with Crippen LogP contribution in [0.2, 0.25) is 0 Å². The Hall–Kier alpha value is -1.79. The van der Waals surface area contributed by atoms with E-state index in [0.717, 1.165) is 37.7 Å². The molecule has 1 atom stereocenters. The van der Waals surface area contributed by atoms with Crippen LogP contribution >= 0.6 is 11.3 Å². The molecule has 6 heteroatoms. The van der Waals surface area contributed by atoms with Gasteiger partial charge in [-0.1, -0.05) is 19.9 Å². The quantitative estimate of drug-likeness (QED) is 0.852. The van der Waals surface area contributed by atoms with Crippen molar-refractivity contribution in [1.29, 1.82) is 0 Å². The second-order valence-corrected chi connectivity index (χ2v) is 7.84. The van der Waals surface area contributed by atoms with E-state index in [1.165, 1.54) is 11.1 Å². The monoisotopic (exact) mass is 362 g/mol. The van der Waals surface area contributed by atoms with Crippen molar-refractivity contribution >= 4 is 17.3 Å². The zero-order valence-electron chi connectivity index (χ0n) is 14.5. The number of aromatic nitrogens is 1. The molecular weight excluding hydrogens is 339 g/mol. The summed E-state index contributed by atoms with van der Waals surface area (Å²) in [5.41, 5.74) is 1.68. The molecule has 1 aromatic carbocycles. The number of carbonyl (C=O) groups is 1. The summed E-state index contributed by atoms with van der Waals surface area (Å²) in [5, 5.41) is 12.3. The van der Waals surface area contributed by atoms with Gasteiger partial charge in [0.05, 0.1) is 16.3 Å². The highest BCUT2D eigenvalue weighted by Crippen LogP contribution is 2.31. The lowest BCUT2D eigenvalue weighted by Crippen LogP contribution is -2.34. The molecule has 0 aliphatic carbocycles. The number of aromatic carboxylic acids is 1. The topological polar surface area (TPSA) is 53.4 Å². The van der Waals surface area contributed by atoms with E-state index < -0.39 is 11.8 Å². The van der Waals surface area contributed by atoms with Crippen LogP contribution in [0.3, 0.4) is 0 Å². The molecule has 1 N–H and O–H groups in total. The highest BCUT2D eigenvalue weighted by atomic mass is 32.1. The molecule has 0 radical (unpaired) electrons. The van der Waals surface area contributed by atoms with Gasteiger partial charge in [0, 0.05) is 30.0 Å². The van der Waals surface area contributed by atoms with E-state index in [9.17, 15) is 9.18 Å². The van der Waals surface area contributed by atoms with Crippen LogP contribution in [0.1, 0.15) is 65.1 Å². The van der Waals surface area contributed by atoms with E-state index in [4.69, 9.17) is 10.1 Å². The predicted molar refractivity (Wildman–Crippen MR) is 96.8 cm³/mol. The van der Waals surface area contributed by atoms with Crippen LogP contribution in [0.5, 0.6) is 0 Å². The van der Waals surface area contributed by atoms with Gasteiger partial charge in [-0.3, -0.25) is 4.90 Å². The van der Waals surface area contributed by atoms with Gasteiger partial charge >= 0.3 is 5.97 Å². The fourth-order valence-electron chi connectivity index (χ4n) is 3.20. The van der Waals surface area contributed by atoms with E-state index in [1.54, 1.807) is 17.4 Å². The molecule has 0 spiro atoms. The van der Waals surface area contributed by atoms with E-state index >= 15 is 0 Å². The number of thiazole rings is 1. The molecule has 0 unspecified atom stereocenters. The van der Waals surface area contributed by atoms with Crippen molar-refractivity contribution in [3.05, 3.63) is 51.2 Å². The SMILES string of the molecule is CC(C)c1csc([C@H]2CCCN(Cc3ccc(C(=O)O)cc3F)C2)n1. The average Bonchev–Trinajstić information content (AvgIpc) is 3.07. The summed E-state index contributed by atoms with van der Waals surface area (Å²) in [5.74, 6) is -0.717. The third-order valence-corrected chi connectivity index (χ3v) is 5.71. The van der Waals surface area contributed by atoms with Crippen LogP contribution in [0.4, 0.5) is 4.39 Å². The third kappa shape index (κ3) is 4.25. The average molecular weight is 362 g/mol. The molecule has 0 saturated carbocycles. The molecule has 2 aromatic rings. The smallest absolute Gasteiger partial charge is 0.335 e. The Balaban J connectivity index is 1.68. The van der Waals surface area contributed by atoms with Gasteiger partial charge < -0.3 is 5.11 Å². The van der Waals surface area contributed by atoms with Gasteiger partial charge in [-0.15, -0.1) is 11.3 Å². The van der Waals surface area contributed by atoms with E-state index in [-0.39, 0.29) is 5.56 Å². The van der Waals surface area contributed by atoms with Crippen LogP contribution < -0.4 is 0 Å². The van der Waals surface area contributed by atoms with Crippen LogP contribution in [-0.4, -0.2) is 34.0 Å². The number of piperidine rings is 1. The largest absolute Gasteiger partial charge is 0.478 e. The third-order valence-electron chi connectivity index (χ3n) is 4.68. The minimum atomic E-state index is -1.10. The zero-order valence-corrected chi connectivity index (χ0v) is 15.4. The normalized spacial score (nSPS) is 18.6. The minimum Gasteiger partial charge on any atom is -0.478 e. The van der Waals surface area contributed by atoms with E-state index in [1.807, 2.05) is 0 Å². The lowest BCUT2D eigenvalue weighted by molar-refractivity contribution is 0.0696. The molecule has 1 aromatic heterocycles. The zero-order chi connectivity index (χ0) is 18.0. The second-order valence-electron chi connectivity index (χ2n) is 6.95. The number of rotatable bonds is 5. The van der Waals surface area contributed by atoms with Crippen molar-refractivity contribution in [2.24, 2.45) is 0 Å². The number of likely N-dealkylation sites (tertiary alicyclic amines) is 1. The minimum absolute atomic E-state index is 0.0122. The molecule has 0 bridgehead atoms. The maximum atomic E-state index is 14.2.